The highest BCUT2D eigenvalue weighted by atomic mass is 16.5. The quantitative estimate of drug-likeness (QED) is 0.347. The smallest absolute Gasteiger partial charge is 0.119 e. The maximum Gasteiger partial charge on any atom is 0.119 e. The van der Waals surface area contributed by atoms with Crippen molar-refractivity contribution >= 4 is 23.2 Å². The van der Waals surface area contributed by atoms with Crippen LogP contribution in [0.1, 0.15) is 61.3 Å². The highest BCUT2D eigenvalue weighted by Crippen LogP contribution is 2.52. The van der Waals surface area contributed by atoms with Crippen LogP contribution in [-0.2, 0) is 5.41 Å². The first-order valence-electron chi connectivity index (χ1n) is 12.7. The van der Waals surface area contributed by atoms with Crippen molar-refractivity contribution in [2.24, 2.45) is 4.99 Å². The van der Waals surface area contributed by atoms with Crippen LogP contribution in [0.15, 0.2) is 77.8 Å². The van der Waals surface area contributed by atoms with Gasteiger partial charge in [-0.1, -0.05) is 56.7 Å². The van der Waals surface area contributed by atoms with Gasteiger partial charge in [0.05, 0.1) is 7.11 Å². The third-order valence-electron chi connectivity index (χ3n) is 8.01. The van der Waals surface area contributed by atoms with Crippen LogP contribution in [0, 0.1) is 6.92 Å². The van der Waals surface area contributed by atoms with Crippen LogP contribution in [-0.4, -0.2) is 25.9 Å². The van der Waals surface area contributed by atoms with Crippen molar-refractivity contribution in [3.8, 4) is 5.75 Å². The molecule has 0 bridgehead atoms. The van der Waals surface area contributed by atoms with E-state index in [1.165, 1.54) is 52.9 Å². The maximum atomic E-state index is 5.38. The van der Waals surface area contributed by atoms with E-state index in [2.05, 4.69) is 105 Å². The molecule has 1 aliphatic heterocycles. The second kappa shape index (κ2) is 9.37. The van der Waals surface area contributed by atoms with E-state index < -0.39 is 0 Å². The van der Waals surface area contributed by atoms with Gasteiger partial charge >= 0.3 is 0 Å². The number of benzene rings is 3. The van der Waals surface area contributed by atoms with Gasteiger partial charge in [-0.3, -0.25) is 4.99 Å². The number of methoxy groups -OCH3 is 1. The molecule has 0 saturated heterocycles. The number of nitrogens with zero attached hydrogens (tertiary/aromatic N) is 2. The van der Waals surface area contributed by atoms with Gasteiger partial charge in [0.1, 0.15) is 5.75 Å². The lowest BCUT2D eigenvalue weighted by Crippen LogP contribution is -2.28. The molecule has 180 valence electrons. The zero-order chi connectivity index (χ0) is 24.6. The van der Waals surface area contributed by atoms with Crippen molar-refractivity contribution in [2.75, 3.05) is 19.1 Å². The van der Waals surface area contributed by atoms with E-state index in [9.17, 15) is 0 Å². The number of aryl methyl sites for hydroxylation is 1. The van der Waals surface area contributed by atoms with Crippen molar-refractivity contribution in [1.29, 1.82) is 0 Å². The predicted octanol–water partition coefficient (Wildman–Crippen LogP) is 7.85. The minimum atomic E-state index is -0.158. The number of hydrogen-bond acceptors (Lipinski definition) is 3. The third kappa shape index (κ3) is 4.18. The summed E-state index contributed by atoms with van der Waals surface area (Å²) in [6.07, 6.45) is 8.24. The fraction of sp³-hybridized carbons (Fsp3) is 0.344. The van der Waals surface area contributed by atoms with Crippen molar-refractivity contribution in [1.82, 2.24) is 0 Å². The van der Waals surface area contributed by atoms with Gasteiger partial charge in [-0.25, -0.2) is 0 Å². The number of fused-ring (bicyclic) bond motifs is 3. The number of allylic oxidation sites excluding steroid dienone is 1. The Morgan fingerprint density at radius 3 is 2.51 bits per heavy atom. The number of aliphatic imine (C=N–C) groups is 1. The molecule has 0 aromatic heterocycles. The number of rotatable bonds is 6. The lowest BCUT2D eigenvalue weighted by Gasteiger charge is -2.27. The van der Waals surface area contributed by atoms with Gasteiger partial charge in [0.25, 0.3) is 0 Å². The Kier molecular flexibility index (Phi) is 6.27. The van der Waals surface area contributed by atoms with Gasteiger partial charge in [-0.05, 0) is 84.5 Å². The normalized spacial score (nSPS) is 19.8. The summed E-state index contributed by atoms with van der Waals surface area (Å²) in [5.41, 5.74) is 8.89. The molecule has 0 N–H and O–H groups in total. The van der Waals surface area contributed by atoms with Gasteiger partial charge in [0.15, 0.2) is 0 Å². The third-order valence-corrected chi connectivity index (χ3v) is 8.01. The summed E-state index contributed by atoms with van der Waals surface area (Å²) >= 11 is 0. The van der Waals surface area contributed by atoms with E-state index >= 15 is 0 Å². The molecule has 2 aliphatic rings. The fourth-order valence-corrected chi connectivity index (χ4v) is 6.21. The molecule has 1 heterocycles. The summed E-state index contributed by atoms with van der Waals surface area (Å²) in [4.78, 5) is 7.25. The first-order chi connectivity index (χ1) is 16.9. The standard InChI is InChI=1S/C32H36N2O/c1-22-9-6-7-11-28(22)32(2,3)31(33-4)20-14-23-13-19-30-27(21-23)26-10-8-12-29(26)34(30)24-15-17-25(35-5)18-16-24/h6-7,9,11,13-21,26,29H,8,10,12H2,1-5H3/b20-14+,33-31?. The number of hydrogen-bond donors (Lipinski definition) is 0. The number of ether oxygens (including phenoxy) is 1. The molecule has 0 amide bonds. The molecule has 0 radical (unpaired) electrons. The molecule has 1 aliphatic carbocycles. The van der Waals surface area contributed by atoms with E-state index in [0.29, 0.717) is 12.0 Å². The van der Waals surface area contributed by atoms with Gasteiger partial charge in [0, 0.05) is 41.5 Å². The summed E-state index contributed by atoms with van der Waals surface area (Å²) in [7, 11) is 3.62. The molecule has 1 fully saturated rings. The predicted molar refractivity (Wildman–Crippen MR) is 149 cm³/mol. The van der Waals surface area contributed by atoms with Crippen LogP contribution in [0.4, 0.5) is 11.4 Å². The summed E-state index contributed by atoms with van der Waals surface area (Å²) < 4.78 is 5.38. The van der Waals surface area contributed by atoms with E-state index in [4.69, 9.17) is 9.73 Å². The molecule has 3 aromatic carbocycles. The molecule has 3 aromatic rings. The Labute approximate surface area is 210 Å². The van der Waals surface area contributed by atoms with Gasteiger partial charge in [0.2, 0.25) is 0 Å². The minimum Gasteiger partial charge on any atom is -0.497 e. The lowest BCUT2D eigenvalue weighted by molar-refractivity contribution is 0.415. The van der Waals surface area contributed by atoms with Crippen LogP contribution in [0.3, 0.4) is 0 Å². The molecule has 5 rings (SSSR count). The van der Waals surface area contributed by atoms with Crippen molar-refractivity contribution < 1.29 is 4.74 Å². The van der Waals surface area contributed by atoms with E-state index in [0.717, 1.165) is 11.5 Å². The number of anilines is 2. The van der Waals surface area contributed by atoms with E-state index in [1.807, 2.05) is 7.05 Å². The minimum absolute atomic E-state index is 0.158. The highest BCUT2D eigenvalue weighted by molar-refractivity contribution is 6.05. The average Bonchev–Trinajstić information content (AvgIpc) is 3.45. The summed E-state index contributed by atoms with van der Waals surface area (Å²) in [6.45, 7) is 6.71. The Bertz CT molecular complexity index is 1270. The van der Waals surface area contributed by atoms with Crippen molar-refractivity contribution in [3.63, 3.8) is 0 Å². The summed E-state index contributed by atoms with van der Waals surface area (Å²) in [6, 6.07) is 24.7. The molecule has 3 nitrogen and oxygen atoms in total. The maximum absolute atomic E-state index is 5.38. The second-order valence-corrected chi connectivity index (χ2v) is 10.4. The molecule has 2 unspecified atom stereocenters. The Balaban J connectivity index is 1.45. The van der Waals surface area contributed by atoms with Crippen LogP contribution in [0.2, 0.25) is 0 Å². The molecule has 2 atom stereocenters. The van der Waals surface area contributed by atoms with Gasteiger partial charge < -0.3 is 9.64 Å². The molecule has 35 heavy (non-hydrogen) atoms. The summed E-state index contributed by atoms with van der Waals surface area (Å²) in [5, 5.41) is 0. The molecular weight excluding hydrogens is 428 g/mol. The summed E-state index contributed by atoms with van der Waals surface area (Å²) in [5.74, 6) is 1.50. The lowest BCUT2D eigenvalue weighted by atomic mass is 9.77. The zero-order valence-electron chi connectivity index (χ0n) is 21.6. The first kappa shape index (κ1) is 23.4. The SMILES string of the molecule is CN=C(/C=C/c1ccc2c(c1)C1CCCC1N2c1ccc(OC)cc1)C(C)(C)c1ccccc1C. The van der Waals surface area contributed by atoms with Gasteiger partial charge in [-0.15, -0.1) is 0 Å². The molecule has 0 spiro atoms. The zero-order valence-corrected chi connectivity index (χ0v) is 21.6. The van der Waals surface area contributed by atoms with E-state index in [1.54, 1.807) is 7.11 Å². The van der Waals surface area contributed by atoms with Crippen molar-refractivity contribution in [3.05, 3.63) is 95.1 Å². The largest absolute Gasteiger partial charge is 0.497 e. The van der Waals surface area contributed by atoms with Gasteiger partial charge in [-0.2, -0.15) is 0 Å². The Morgan fingerprint density at radius 1 is 1.03 bits per heavy atom. The molecule has 1 saturated carbocycles. The molecule has 3 heteroatoms. The first-order valence-corrected chi connectivity index (χ1v) is 12.7. The fourth-order valence-electron chi connectivity index (χ4n) is 6.21. The van der Waals surface area contributed by atoms with Crippen LogP contribution >= 0.6 is 0 Å². The van der Waals surface area contributed by atoms with Crippen LogP contribution < -0.4 is 9.64 Å². The van der Waals surface area contributed by atoms with Crippen molar-refractivity contribution in [2.45, 2.75) is 57.4 Å². The van der Waals surface area contributed by atoms with Crippen LogP contribution in [0.25, 0.3) is 6.08 Å². The average molecular weight is 465 g/mol. The second-order valence-electron chi connectivity index (χ2n) is 10.4. The Morgan fingerprint density at radius 2 is 1.80 bits per heavy atom. The Hall–Kier alpha value is -3.33. The monoisotopic (exact) mass is 464 g/mol. The van der Waals surface area contributed by atoms with E-state index in [-0.39, 0.29) is 5.41 Å². The topological polar surface area (TPSA) is 24.8 Å². The van der Waals surface area contributed by atoms with Crippen LogP contribution in [0.5, 0.6) is 5.75 Å². The molecular formula is C32H36N2O. The highest BCUT2D eigenvalue weighted by Gasteiger charge is 2.42.